The number of aliphatic hydroxyl groups excluding tert-OH is 1. The number of hydrogen-bond acceptors (Lipinski definition) is 5. The molecular formula is C20H27N2O3S. The molecule has 0 saturated heterocycles. The van der Waals surface area contributed by atoms with Crippen molar-refractivity contribution in [3.05, 3.63) is 66.6 Å². The van der Waals surface area contributed by atoms with Crippen molar-refractivity contribution in [2.45, 2.75) is 36.6 Å². The molecule has 0 bridgehead atoms. The topological polar surface area (TPSA) is 92.4 Å². The van der Waals surface area contributed by atoms with Gasteiger partial charge in [-0.15, -0.1) is 0 Å². The maximum Gasteiger partial charge on any atom is 0.194 e. The van der Waals surface area contributed by atoms with E-state index in [-0.39, 0.29) is 17.4 Å². The minimum Gasteiger partial charge on any atom is -0.399 e. The zero-order valence-electron chi connectivity index (χ0n) is 15.2. The van der Waals surface area contributed by atoms with Crippen LogP contribution in [0.3, 0.4) is 0 Å². The monoisotopic (exact) mass is 375 g/mol. The Morgan fingerprint density at radius 3 is 2.27 bits per heavy atom. The summed E-state index contributed by atoms with van der Waals surface area (Å²) >= 11 is 0. The Kier molecular flexibility index (Phi) is 7.20. The first kappa shape index (κ1) is 20.4. The number of sulfone groups is 1. The van der Waals surface area contributed by atoms with Crippen LogP contribution in [0, 0.1) is 12.3 Å². The predicted octanol–water partition coefficient (Wildman–Crippen LogP) is 2.42. The zero-order chi connectivity index (χ0) is 19.2. The third-order valence-corrected chi connectivity index (χ3v) is 6.45. The Labute approximate surface area is 156 Å². The highest BCUT2D eigenvalue weighted by Gasteiger charge is 2.30. The van der Waals surface area contributed by atoms with Gasteiger partial charge in [0.15, 0.2) is 9.84 Å². The molecule has 141 valence electrons. The van der Waals surface area contributed by atoms with Gasteiger partial charge in [-0.1, -0.05) is 44.2 Å². The van der Waals surface area contributed by atoms with Gasteiger partial charge in [0.25, 0.3) is 0 Å². The largest absolute Gasteiger partial charge is 0.399 e. The minimum atomic E-state index is -3.57. The summed E-state index contributed by atoms with van der Waals surface area (Å²) in [5.41, 5.74) is 7.25. The lowest BCUT2D eigenvalue weighted by molar-refractivity contribution is 0.196. The van der Waals surface area contributed by atoms with Crippen LogP contribution in [0.15, 0.2) is 59.5 Å². The molecule has 0 aliphatic carbocycles. The second-order valence-corrected chi connectivity index (χ2v) is 8.75. The Balaban J connectivity index is 1.98. The molecule has 0 unspecified atom stereocenters. The van der Waals surface area contributed by atoms with Crippen molar-refractivity contribution >= 4 is 15.5 Å². The maximum atomic E-state index is 12.9. The van der Waals surface area contributed by atoms with Gasteiger partial charge in [-0.2, -0.15) is 0 Å². The molecule has 0 aliphatic rings. The lowest BCUT2D eigenvalue weighted by Crippen LogP contribution is -2.44. The van der Waals surface area contributed by atoms with Crippen LogP contribution in [-0.4, -0.2) is 31.5 Å². The summed E-state index contributed by atoms with van der Waals surface area (Å²) in [5.74, 6) is -0.154. The van der Waals surface area contributed by atoms with Crippen molar-refractivity contribution in [3.63, 3.8) is 0 Å². The number of nitrogens with two attached hydrogens (primary N) is 1. The fourth-order valence-electron chi connectivity index (χ4n) is 2.71. The van der Waals surface area contributed by atoms with E-state index in [1.807, 2.05) is 44.2 Å². The number of rotatable bonds is 9. The van der Waals surface area contributed by atoms with Crippen LogP contribution in [0.25, 0.3) is 0 Å². The molecule has 26 heavy (non-hydrogen) atoms. The molecule has 2 atom stereocenters. The number of anilines is 1. The number of nitrogen functional groups attached to an aromatic ring is 1. The van der Waals surface area contributed by atoms with E-state index in [9.17, 15) is 13.5 Å². The van der Waals surface area contributed by atoms with E-state index in [1.165, 1.54) is 12.1 Å². The lowest BCUT2D eigenvalue weighted by atomic mass is 10.1. The van der Waals surface area contributed by atoms with E-state index in [1.54, 1.807) is 18.6 Å². The molecule has 0 heterocycles. The van der Waals surface area contributed by atoms with Crippen molar-refractivity contribution in [2.75, 3.05) is 12.3 Å². The van der Waals surface area contributed by atoms with E-state index < -0.39 is 21.3 Å². The molecule has 2 aromatic rings. The van der Waals surface area contributed by atoms with Crippen molar-refractivity contribution in [1.29, 1.82) is 0 Å². The van der Waals surface area contributed by atoms with E-state index in [2.05, 4.69) is 5.32 Å². The summed E-state index contributed by atoms with van der Waals surface area (Å²) < 4.78 is 25.8. The molecule has 0 saturated carbocycles. The first-order chi connectivity index (χ1) is 12.3. The Bertz CT molecular complexity index is 774. The van der Waals surface area contributed by atoms with E-state index in [0.717, 1.165) is 5.56 Å². The fourth-order valence-corrected chi connectivity index (χ4v) is 4.56. The smallest absolute Gasteiger partial charge is 0.194 e. The SMILES string of the molecule is CC(C)[C@@H](NC[C@H](O)[CH]Cc1ccccc1)S(=O)(=O)c1ccc(N)cc1. The highest BCUT2D eigenvalue weighted by molar-refractivity contribution is 7.92. The van der Waals surface area contributed by atoms with Crippen LogP contribution < -0.4 is 11.1 Å². The molecule has 4 N–H and O–H groups in total. The first-order valence-corrected chi connectivity index (χ1v) is 10.2. The second-order valence-electron chi connectivity index (χ2n) is 6.68. The second kappa shape index (κ2) is 9.16. The molecule has 0 spiro atoms. The van der Waals surface area contributed by atoms with Crippen LogP contribution in [-0.2, 0) is 16.3 Å². The number of hydrogen-bond donors (Lipinski definition) is 3. The normalized spacial score (nSPS) is 14.3. The molecule has 5 nitrogen and oxygen atoms in total. The van der Waals surface area contributed by atoms with Gasteiger partial charge in [-0.05, 0) is 48.6 Å². The Morgan fingerprint density at radius 2 is 1.69 bits per heavy atom. The third-order valence-electron chi connectivity index (χ3n) is 4.15. The summed E-state index contributed by atoms with van der Waals surface area (Å²) in [5, 5.41) is 12.4. The molecule has 6 heteroatoms. The summed E-state index contributed by atoms with van der Waals surface area (Å²) in [6.45, 7) is 3.85. The van der Waals surface area contributed by atoms with Crippen LogP contribution in [0.5, 0.6) is 0 Å². The van der Waals surface area contributed by atoms with Crippen molar-refractivity contribution in [3.8, 4) is 0 Å². The highest BCUT2D eigenvalue weighted by Crippen LogP contribution is 2.21. The zero-order valence-corrected chi connectivity index (χ0v) is 16.0. The van der Waals surface area contributed by atoms with E-state index >= 15 is 0 Å². The summed E-state index contributed by atoms with van der Waals surface area (Å²) in [4.78, 5) is 0.223. The number of aliphatic hydroxyl groups is 1. The van der Waals surface area contributed by atoms with Crippen LogP contribution in [0.4, 0.5) is 5.69 Å². The lowest BCUT2D eigenvalue weighted by Gasteiger charge is -2.24. The quantitative estimate of drug-likeness (QED) is 0.586. The maximum absolute atomic E-state index is 12.9. The first-order valence-electron chi connectivity index (χ1n) is 8.69. The van der Waals surface area contributed by atoms with Crippen LogP contribution in [0.1, 0.15) is 19.4 Å². The van der Waals surface area contributed by atoms with Crippen LogP contribution in [0.2, 0.25) is 0 Å². The van der Waals surface area contributed by atoms with Gasteiger partial charge in [-0.25, -0.2) is 8.42 Å². The van der Waals surface area contributed by atoms with Gasteiger partial charge in [-0.3, -0.25) is 5.32 Å². The average Bonchev–Trinajstić information content (AvgIpc) is 2.61. The molecule has 0 fully saturated rings. The van der Waals surface area contributed by atoms with Gasteiger partial charge < -0.3 is 10.8 Å². The summed E-state index contributed by atoms with van der Waals surface area (Å²) in [6, 6.07) is 16.0. The molecule has 2 aromatic carbocycles. The third kappa shape index (κ3) is 5.56. The number of benzene rings is 2. The van der Waals surface area contributed by atoms with Crippen molar-refractivity contribution < 1.29 is 13.5 Å². The molecular weight excluding hydrogens is 348 g/mol. The molecule has 0 amide bonds. The molecule has 0 aromatic heterocycles. The molecule has 1 radical (unpaired) electrons. The highest BCUT2D eigenvalue weighted by atomic mass is 32.2. The van der Waals surface area contributed by atoms with Crippen molar-refractivity contribution in [2.24, 2.45) is 5.92 Å². The van der Waals surface area contributed by atoms with Crippen LogP contribution >= 0.6 is 0 Å². The van der Waals surface area contributed by atoms with E-state index in [0.29, 0.717) is 12.1 Å². The summed E-state index contributed by atoms with van der Waals surface area (Å²) in [7, 11) is -3.57. The standard InChI is InChI=1S/C20H27N2O3S/c1-15(2)20(26(24,25)19-12-9-17(21)10-13-19)22-14-18(23)11-8-16-6-4-3-5-7-16/h3-7,9-13,15,18,20,22-23H,8,14,21H2,1-2H3/t18-,20+/m1/s1. The van der Waals surface area contributed by atoms with Gasteiger partial charge in [0.2, 0.25) is 0 Å². The van der Waals surface area contributed by atoms with Gasteiger partial charge >= 0.3 is 0 Å². The molecule has 2 rings (SSSR count). The summed E-state index contributed by atoms with van der Waals surface area (Å²) in [6.07, 6.45) is 1.66. The van der Waals surface area contributed by atoms with Crippen molar-refractivity contribution in [1.82, 2.24) is 5.32 Å². The van der Waals surface area contributed by atoms with Gasteiger partial charge in [0, 0.05) is 12.2 Å². The Morgan fingerprint density at radius 1 is 1.08 bits per heavy atom. The van der Waals surface area contributed by atoms with Gasteiger partial charge in [0.1, 0.15) is 5.37 Å². The van der Waals surface area contributed by atoms with E-state index in [4.69, 9.17) is 5.73 Å². The predicted molar refractivity (Wildman–Crippen MR) is 105 cm³/mol. The molecule has 0 aliphatic heterocycles. The minimum absolute atomic E-state index is 0.154. The van der Waals surface area contributed by atoms with Gasteiger partial charge in [0.05, 0.1) is 11.0 Å². The Hall–Kier alpha value is -1.89. The number of nitrogens with one attached hydrogen (secondary N) is 1. The fraction of sp³-hybridized carbons (Fsp3) is 0.350. The average molecular weight is 376 g/mol.